The Kier molecular flexibility index (Phi) is 4.07. The summed E-state index contributed by atoms with van der Waals surface area (Å²) in [5, 5.41) is 6.73. The smallest absolute Gasteiger partial charge is 0.154 e. The lowest BCUT2D eigenvalue weighted by atomic mass is 10.0. The fraction of sp³-hybridized carbons (Fsp3) is 0. The number of nitrogens with zero attached hydrogens (tertiary/aromatic N) is 2. The van der Waals surface area contributed by atoms with Gasteiger partial charge in [0.15, 0.2) is 5.84 Å². The summed E-state index contributed by atoms with van der Waals surface area (Å²) >= 11 is 0. The number of para-hydroxylation sites is 1. The van der Waals surface area contributed by atoms with Crippen LogP contribution in [0.25, 0.3) is 10.8 Å². The number of benzene rings is 4. The number of amidine groups is 1. The van der Waals surface area contributed by atoms with Gasteiger partial charge in [0, 0.05) is 10.9 Å². The van der Waals surface area contributed by atoms with Crippen LogP contribution in [-0.2, 0) is 0 Å². The van der Waals surface area contributed by atoms with Gasteiger partial charge in [-0.25, -0.2) is 4.99 Å². The van der Waals surface area contributed by atoms with Crippen LogP contribution in [0.4, 0.5) is 5.69 Å². The van der Waals surface area contributed by atoms with Crippen molar-refractivity contribution < 1.29 is 4.74 Å². The van der Waals surface area contributed by atoms with Crippen LogP contribution in [0.15, 0.2) is 101 Å². The summed E-state index contributed by atoms with van der Waals surface area (Å²) in [7, 11) is 0. The van der Waals surface area contributed by atoms with E-state index in [0.29, 0.717) is 0 Å². The molecule has 0 saturated heterocycles. The van der Waals surface area contributed by atoms with Gasteiger partial charge in [0.25, 0.3) is 0 Å². The molecule has 134 valence electrons. The van der Waals surface area contributed by atoms with Crippen LogP contribution in [0.5, 0.6) is 11.5 Å². The number of nitrogens with one attached hydrogen (secondary N) is 1. The number of ether oxygens (including phenoxy) is 1. The highest BCUT2D eigenvalue weighted by molar-refractivity contribution is 6.18. The molecule has 0 radical (unpaired) electrons. The molecular weight excluding hydrogens is 346 g/mol. The summed E-state index contributed by atoms with van der Waals surface area (Å²) in [4.78, 5) is 4.67. The van der Waals surface area contributed by atoms with Crippen LogP contribution in [0, 0.1) is 0 Å². The van der Waals surface area contributed by atoms with Crippen molar-refractivity contribution in [3.05, 3.63) is 102 Å². The zero-order chi connectivity index (χ0) is 18.8. The van der Waals surface area contributed by atoms with Gasteiger partial charge in [0.05, 0.1) is 11.9 Å². The fourth-order valence-electron chi connectivity index (χ4n) is 3.33. The largest absolute Gasteiger partial charge is 0.457 e. The Morgan fingerprint density at radius 2 is 1.57 bits per heavy atom. The second-order valence-corrected chi connectivity index (χ2v) is 6.50. The molecule has 0 fully saturated rings. The summed E-state index contributed by atoms with van der Waals surface area (Å²) < 4.78 is 5.87. The van der Waals surface area contributed by atoms with Gasteiger partial charge < -0.3 is 4.74 Å². The summed E-state index contributed by atoms with van der Waals surface area (Å²) in [6.45, 7) is 0. The first-order chi connectivity index (χ1) is 13.9. The van der Waals surface area contributed by atoms with E-state index in [1.807, 2.05) is 72.8 Å². The molecule has 1 N–H and O–H groups in total. The molecule has 0 saturated carbocycles. The van der Waals surface area contributed by atoms with Crippen molar-refractivity contribution in [3.63, 3.8) is 0 Å². The molecule has 1 aliphatic heterocycles. The Balaban J connectivity index is 1.33. The van der Waals surface area contributed by atoms with E-state index in [0.717, 1.165) is 34.1 Å². The molecule has 0 spiro atoms. The molecule has 0 amide bonds. The van der Waals surface area contributed by atoms with Gasteiger partial charge >= 0.3 is 0 Å². The molecule has 4 heteroatoms. The number of hydrazone groups is 1. The topological polar surface area (TPSA) is 46.0 Å². The van der Waals surface area contributed by atoms with Gasteiger partial charge in [-0.15, -0.1) is 0 Å². The van der Waals surface area contributed by atoms with Gasteiger partial charge in [-0.3, -0.25) is 5.43 Å². The van der Waals surface area contributed by atoms with Crippen LogP contribution in [-0.4, -0.2) is 12.1 Å². The minimum Gasteiger partial charge on any atom is -0.457 e. The van der Waals surface area contributed by atoms with Crippen LogP contribution >= 0.6 is 0 Å². The van der Waals surface area contributed by atoms with Crippen LogP contribution in [0.1, 0.15) is 11.1 Å². The molecular formula is C24H17N3O. The third-order valence-corrected chi connectivity index (χ3v) is 4.59. The second kappa shape index (κ2) is 7.00. The molecule has 1 aliphatic rings. The van der Waals surface area contributed by atoms with E-state index < -0.39 is 0 Å². The van der Waals surface area contributed by atoms with Gasteiger partial charge in [0.1, 0.15) is 11.5 Å². The molecule has 1 heterocycles. The van der Waals surface area contributed by atoms with Gasteiger partial charge in [-0.2, -0.15) is 5.10 Å². The Morgan fingerprint density at radius 1 is 0.786 bits per heavy atom. The second-order valence-electron chi connectivity index (χ2n) is 6.50. The average molecular weight is 363 g/mol. The lowest BCUT2D eigenvalue weighted by Crippen LogP contribution is -2.17. The van der Waals surface area contributed by atoms with Crippen LogP contribution < -0.4 is 10.2 Å². The Hall–Kier alpha value is -3.92. The molecule has 0 bridgehead atoms. The van der Waals surface area contributed by atoms with E-state index in [-0.39, 0.29) is 0 Å². The van der Waals surface area contributed by atoms with Crippen molar-refractivity contribution in [3.8, 4) is 11.5 Å². The Morgan fingerprint density at radius 3 is 2.46 bits per heavy atom. The SMILES string of the molecule is C(=N/NC1=Nc2cccc3cccc1c23)/c1cccc(Oc2ccccc2)c1. The monoisotopic (exact) mass is 363 g/mol. The molecule has 5 rings (SSSR count). The molecule has 0 aromatic heterocycles. The maximum absolute atomic E-state index is 5.87. The van der Waals surface area contributed by atoms with Gasteiger partial charge in [-0.1, -0.05) is 60.7 Å². The Bertz CT molecular complexity index is 1210. The van der Waals surface area contributed by atoms with Crippen LogP contribution in [0.2, 0.25) is 0 Å². The molecule has 0 unspecified atom stereocenters. The van der Waals surface area contributed by atoms with Gasteiger partial charge in [0.2, 0.25) is 0 Å². The van der Waals surface area contributed by atoms with Crippen LogP contribution in [0.3, 0.4) is 0 Å². The van der Waals surface area contributed by atoms with Crippen molar-refractivity contribution >= 4 is 28.5 Å². The van der Waals surface area contributed by atoms with Crippen molar-refractivity contribution in [1.82, 2.24) is 5.43 Å². The molecule has 4 aromatic rings. The maximum Gasteiger partial charge on any atom is 0.154 e. The van der Waals surface area contributed by atoms with E-state index in [9.17, 15) is 0 Å². The first kappa shape index (κ1) is 16.3. The van der Waals surface area contributed by atoms with Crippen molar-refractivity contribution in [2.24, 2.45) is 10.1 Å². The van der Waals surface area contributed by atoms with Crippen molar-refractivity contribution in [2.45, 2.75) is 0 Å². The molecule has 0 aliphatic carbocycles. The molecule has 28 heavy (non-hydrogen) atoms. The average Bonchev–Trinajstić information content (AvgIpc) is 3.09. The summed E-state index contributed by atoms with van der Waals surface area (Å²) in [5.74, 6) is 2.34. The highest BCUT2D eigenvalue weighted by Gasteiger charge is 2.17. The minimum absolute atomic E-state index is 0.764. The number of rotatable bonds is 4. The molecule has 4 nitrogen and oxygen atoms in total. The first-order valence-corrected chi connectivity index (χ1v) is 9.10. The predicted molar refractivity (Wildman–Crippen MR) is 114 cm³/mol. The van der Waals surface area contributed by atoms with Gasteiger partial charge in [-0.05, 0) is 41.3 Å². The fourth-order valence-corrected chi connectivity index (χ4v) is 3.33. The number of hydrogen-bond donors (Lipinski definition) is 1. The zero-order valence-electron chi connectivity index (χ0n) is 15.0. The van der Waals surface area contributed by atoms with E-state index >= 15 is 0 Å². The third kappa shape index (κ3) is 3.12. The Labute approximate surface area is 162 Å². The standard InChI is InChI=1S/C24H17N3O/c1-2-10-19(11-3-1)28-20-12-4-7-17(15-20)16-25-27-24-21-13-5-8-18-9-6-14-22(26-24)23(18)21/h1-16H,(H,26,27)/b25-16-. The van der Waals surface area contributed by atoms with E-state index in [1.165, 1.54) is 10.8 Å². The summed E-state index contributed by atoms with van der Waals surface area (Å²) in [6, 6.07) is 29.9. The van der Waals surface area contributed by atoms with E-state index in [4.69, 9.17) is 4.74 Å². The molecule has 0 atom stereocenters. The van der Waals surface area contributed by atoms with Crippen molar-refractivity contribution in [2.75, 3.05) is 0 Å². The highest BCUT2D eigenvalue weighted by Crippen LogP contribution is 2.34. The number of aliphatic imine (C=N–C) groups is 1. The lowest BCUT2D eigenvalue weighted by molar-refractivity contribution is 0.482. The lowest BCUT2D eigenvalue weighted by Gasteiger charge is -2.06. The normalized spacial score (nSPS) is 12.4. The highest BCUT2D eigenvalue weighted by atomic mass is 16.5. The predicted octanol–water partition coefficient (Wildman–Crippen LogP) is 5.65. The van der Waals surface area contributed by atoms with Crippen molar-refractivity contribution in [1.29, 1.82) is 0 Å². The quantitative estimate of drug-likeness (QED) is 0.376. The summed E-state index contributed by atoms with van der Waals surface area (Å²) in [6.07, 6.45) is 1.77. The zero-order valence-corrected chi connectivity index (χ0v) is 15.0. The van der Waals surface area contributed by atoms with E-state index in [2.05, 4.69) is 33.7 Å². The number of hydrogen-bond acceptors (Lipinski definition) is 4. The third-order valence-electron chi connectivity index (χ3n) is 4.59. The molecule has 4 aromatic carbocycles. The maximum atomic E-state index is 5.87. The summed E-state index contributed by atoms with van der Waals surface area (Å²) in [5.41, 5.74) is 6.08. The minimum atomic E-state index is 0.764. The van der Waals surface area contributed by atoms with E-state index in [1.54, 1.807) is 6.21 Å². The first-order valence-electron chi connectivity index (χ1n) is 9.10.